The van der Waals surface area contributed by atoms with E-state index in [-0.39, 0.29) is 18.5 Å². The van der Waals surface area contributed by atoms with Gasteiger partial charge in [0.1, 0.15) is 12.9 Å². The molecule has 1 aliphatic rings. The van der Waals surface area contributed by atoms with Gasteiger partial charge in [-0.1, -0.05) is 19.3 Å². The SMILES string of the molecule is Cc1nc(N(C)C2CCCCC2)ncc1[C@@H](C)NC(=O)Cn1cnnn1. The first-order chi connectivity index (χ1) is 12.5. The van der Waals surface area contributed by atoms with Crippen molar-refractivity contribution in [3.05, 3.63) is 23.8 Å². The summed E-state index contributed by atoms with van der Waals surface area (Å²) in [5, 5.41) is 13.7. The highest BCUT2D eigenvalue weighted by molar-refractivity contribution is 5.76. The molecule has 2 heterocycles. The zero-order chi connectivity index (χ0) is 18.5. The van der Waals surface area contributed by atoms with Crippen molar-refractivity contribution in [2.24, 2.45) is 0 Å². The fraction of sp³-hybridized carbons (Fsp3) is 0.647. The van der Waals surface area contributed by atoms with Gasteiger partial charge in [0.25, 0.3) is 0 Å². The molecular formula is C17H26N8O. The van der Waals surface area contributed by atoms with Crippen LogP contribution in [0.5, 0.6) is 0 Å². The molecule has 1 atom stereocenters. The fourth-order valence-corrected chi connectivity index (χ4v) is 3.46. The second-order valence-corrected chi connectivity index (χ2v) is 6.91. The van der Waals surface area contributed by atoms with E-state index in [2.05, 4.69) is 42.8 Å². The molecule has 9 heteroatoms. The van der Waals surface area contributed by atoms with E-state index in [9.17, 15) is 4.79 Å². The van der Waals surface area contributed by atoms with Crippen molar-refractivity contribution in [1.82, 2.24) is 35.5 Å². The Kier molecular flexibility index (Phi) is 5.75. The predicted octanol–water partition coefficient (Wildman–Crippen LogP) is 1.42. The first-order valence-corrected chi connectivity index (χ1v) is 9.11. The van der Waals surface area contributed by atoms with Crippen molar-refractivity contribution in [2.75, 3.05) is 11.9 Å². The average molecular weight is 358 g/mol. The Hall–Kier alpha value is -2.58. The van der Waals surface area contributed by atoms with Gasteiger partial charge in [-0.3, -0.25) is 4.79 Å². The lowest BCUT2D eigenvalue weighted by atomic mass is 9.95. The third-order valence-electron chi connectivity index (χ3n) is 4.98. The molecule has 2 aromatic rings. The third-order valence-corrected chi connectivity index (χ3v) is 4.98. The van der Waals surface area contributed by atoms with Gasteiger partial charge in [0.15, 0.2) is 0 Å². The second-order valence-electron chi connectivity index (χ2n) is 6.91. The average Bonchev–Trinajstić information content (AvgIpc) is 3.14. The number of anilines is 1. The van der Waals surface area contributed by atoms with Gasteiger partial charge in [0.2, 0.25) is 11.9 Å². The maximum absolute atomic E-state index is 12.1. The van der Waals surface area contributed by atoms with E-state index in [1.807, 2.05) is 20.0 Å². The van der Waals surface area contributed by atoms with Crippen molar-refractivity contribution in [3.8, 4) is 0 Å². The first kappa shape index (κ1) is 18.2. The van der Waals surface area contributed by atoms with E-state index in [1.54, 1.807) is 0 Å². The number of aryl methyl sites for hydroxylation is 1. The molecule has 1 amide bonds. The van der Waals surface area contributed by atoms with Crippen LogP contribution in [0.4, 0.5) is 5.95 Å². The van der Waals surface area contributed by atoms with Crippen molar-refractivity contribution in [3.63, 3.8) is 0 Å². The van der Waals surface area contributed by atoms with Crippen molar-refractivity contribution in [1.29, 1.82) is 0 Å². The lowest BCUT2D eigenvalue weighted by Crippen LogP contribution is -2.35. The molecule has 0 spiro atoms. The van der Waals surface area contributed by atoms with Gasteiger partial charge in [-0.05, 0) is 37.1 Å². The van der Waals surface area contributed by atoms with E-state index in [4.69, 9.17) is 0 Å². The number of rotatable bonds is 6. The third kappa shape index (κ3) is 4.33. The summed E-state index contributed by atoms with van der Waals surface area (Å²) in [6.45, 7) is 3.96. The summed E-state index contributed by atoms with van der Waals surface area (Å²) >= 11 is 0. The molecule has 9 nitrogen and oxygen atoms in total. The predicted molar refractivity (Wildman–Crippen MR) is 96.4 cm³/mol. The Balaban J connectivity index is 1.63. The Labute approximate surface area is 153 Å². The number of nitrogens with one attached hydrogen (secondary N) is 1. The van der Waals surface area contributed by atoms with Crippen molar-refractivity contribution >= 4 is 11.9 Å². The van der Waals surface area contributed by atoms with Crippen molar-refractivity contribution < 1.29 is 4.79 Å². The van der Waals surface area contributed by atoms with Crippen LogP contribution in [0.25, 0.3) is 0 Å². The fourth-order valence-electron chi connectivity index (χ4n) is 3.46. The molecule has 0 bridgehead atoms. The molecule has 3 rings (SSSR count). The molecule has 1 aliphatic carbocycles. The van der Waals surface area contributed by atoms with Gasteiger partial charge in [0.05, 0.1) is 6.04 Å². The molecule has 0 aromatic carbocycles. The maximum atomic E-state index is 12.1. The minimum Gasteiger partial charge on any atom is -0.348 e. The van der Waals surface area contributed by atoms with Crippen LogP contribution in [0.1, 0.15) is 56.3 Å². The molecule has 0 radical (unpaired) electrons. The highest BCUT2D eigenvalue weighted by Gasteiger charge is 2.21. The van der Waals surface area contributed by atoms with E-state index < -0.39 is 0 Å². The minimum atomic E-state index is -0.187. The standard InChI is InChI=1S/C17H26N8O/c1-12(20-16(26)10-25-11-19-22-23-25)15-9-18-17(21-13(15)2)24(3)14-7-5-4-6-8-14/h9,11-12,14H,4-8,10H2,1-3H3,(H,20,26)/t12-/m1/s1. The summed E-state index contributed by atoms with van der Waals surface area (Å²) in [5.41, 5.74) is 1.80. The summed E-state index contributed by atoms with van der Waals surface area (Å²) in [7, 11) is 2.07. The number of amides is 1. The number of hydrogen-bond donors (Lipinski definition) is 1. The van der Waals surface area contributed by atoms with Crippen LogP contribution in [-0.2, 0) is 11.3 Å². The van der Waals surface area contributed by atoms with Crippen LogP contribution in [0.2, 0.25) is 0 Å². The number of nitrogens with zero attached hydrogens (tertiary/aromatic N) is 7. The molecule has 1 saturated carbocycles. The molecule has 140 valence electrons. The topological polar surface area (TPSA) is 102 Å². The Morgan fingerprint density at radius 3 is 2.81 bits per heavy atom. The maximum Gasteiger partial charge on any atom is 0.242 e. The first-order valence-electron chi connectivity index (χ1n) is 9.11. The van der Waals surface area contributed by atoms with Crippen LogP contribution in [0, 0.1) is 6.92 Å². The van der Waals surface area contributed by atoms with E-state index in [0.29, 0.717) is 6.04 Å². The summed E-state index contributed by atoms with van der Waals surface area (Å²) in [6, 6.07) is 0.329. The van der Waals surface area contributed by atoms with Gasteiger partial charge >= 0.3 is 0 Å². The monoisotopic (exact) mass is 358 g/mol. The van der Waals surface area contributed by atoms with Crippen LogP contribution >= 0.6 is 0 Å². The Morgan fingerprint density at radius 2 is 2.15 bits per heavy atom. The normalized spacial score (nSPS) is 16.3. The largest absolute Gasteiger partial charge is 0.348 e. The summed E-state index contributed by atoms with van der Waals surface area (Å²) in [5.74, 6) is 0.595. The number of hydrogen-bond acceptors (Lipinski definition) is 7. The molecule has 0 unspecified atom stereocenters. The molecule has 0 aliphatic heterocycles. The number of carbonyl (C=O) groups is 1. The zero-order valence-corrected chi connectivity index (χ0v) is 15.6. The van der Waals surface area contributed by atoms with E-state index in [1.165, 1.54) is 43.1 Å². The summed E-state index contributed by atoms with van der Waals surface area (Å²) in [6.07, 6.45) is 9.50. The van der Waals surface area contributed by atoms with Gasteiger partial charge in [-0.2, -0.15) is 0 Å². The van der Waals surface area contributed by atoms with E-state index >= 15 is 0 Å². The van der Waals surface area contributed by atoms with Gasteiger partial charge in [-0.15, -0.1) is 5.10 Å². The molecule has 1 fully saturated rings. The molecule has 26 heavy (non-hydrogen) atoms. The molecule has 1 N–H and O–H groups in total. The molecular weight excluding hydrogens is 332 g/mol. The molecule has 0 saturated heterocycles. The van der Waals surface area contributed by atoms with Crippen LogP contribution in [0.15, 0.2) is 12.5 Å². The summed E-state index contributed by atoms with van der Waals surface area (Å²) in [4.78, 5) is 23.5. The lowest BCUT2D eigenvalue weighted by molar-refractivity contribution is -0.122. The van der Waals surface area contributed by atoms with Gasteiger partial charge in [0, 0.05) is 30.5 Å². The van der Waals surface area contributed by atoms with Gasteiger partial charge < -0.3 is 10.2 Å². The number of carbonyl (C=O) groups excluding carboxylic acids is 1. The van der Waals surface area contributed by atoms with Crippen LogP contribution in [-0.4, -0.2) is 49.2 Å². The van der Waals surface area contributed by atoms with Gasteiger partial charge in [-0.25, -0.2) is 14.6 Å². The quantitative estimate of drug-likeness (QED) is 0.833. The second kappa shape index (κ2) is 8.20. The lowest BCUT2D eigenvalue weighted by Gasteiger charge is -2.31. The van der Waals surface area contributed by atoms with Crippen molar-refractivity contribution in [2.45, 2.75) is 64.6 Å². The Bertz CT molecular complexity index is 726. The zero-order valence-electron chi connectivity index (χ0n) is 15.6. The highest BCUT2D eigenvalue weighted by Crippen LogP contribution is 2.25. The van der Waals surface area contributed by atoms with Crippen LogP contribution in [0.3, 0.4) is 0 Å². The molecule has 2 aromatic heterocycles. The number of tetrazole rings is 1. The van der Waals surface area contributed by atoms with E-state index in [0.717, 1.165) is 17.2 Å². The highest BCUT2D eigenvalue weighted by atomic mass is 16.2. The smallest absolute Gasteiger partial charge is 0.242 e. The summed E-state index contributed by atoms with van der Waals surface area (Å²) < 4.78 is 1.38. The number of aromatic nitrogens is 6. The minimum absolute atomic E-state index is 0.0831. The Morgan fingerprint density at radius 1 is 1.38 bits per heavy atom. The van der Waals surface area contributed by atoms with Crippen LogP contribution < -0.4 is 10.2 Å².